The van der Waals surface area contributed by atoms with Crippen molar-refractivity contribution in [2.75, 3.05) is 13.1 Å². The van der Waals surface area contributed by atoms with Crippen LogP contribution in [-0.4, -0.2) is 36.2 Å². The number of nitrogens with one attached hydrogen (secondary N) is 1. The number of nitrogens with zero attached hydrogens (tertiary/aromatic N) is 1. The van der Waals surface area contributed by atoms with Crippen LogP contribution in [0.5, 0.6) is 0 Å². The molecule has 1 aromatic rings. The number of rotatable bonds is 5. The summed E-state index contributed by atoms with van der Waals surface area (Å²) in [5, 5.41) is 2.89. The highest BCUT2D eigenvalue weighted by atomic mass is 16.2. The second kappa shape index (κ2) is 7.04. The standard InChI is InChI=1S/C15H20N2O2/c18-12-14-8-4-5-9-17(14)11-15(19)16-10-13-6-2-1-3-7-13/h1-3,6-7,12,14H,4-5,8-11H2,(H,16,19). The minimum absolute atomic E-state index is 0.0161. The first-order valence-corrected chi connectivity index (χ1v) is 6.79. The zero-order valence-electron chi connectivity index (χ0n) is 11.0. The quantitative estimate of drug-likeness (QED) is 0.813. The number of aldehydes is 1. The van der Waals surface area contributed by atoms with E-state index in [1.165, 1.54) is 0 Å². The lowest BCUT2D eigenvalue weighted by atomic mass is 10.0. The monoisotopic (exact) mass is 260 g/mol. The van der Waals surface area contributed by atoms with Gasteiger partial charge in [-0.1, -0.05) is 36.8 Å². The lowest BCUT2D eigenvalue weighted by Gasteiger charge is -2.31. The first kappa shape index (κ1) is 13.7. The van der Waals surface area contributed by atoms with Crippen LogP contribution in [0.3, 0.4) is 0 Å². The van der Waals surface area contributed by atoms with Crippen LogP contribution in [0.1, 0.15) is 24.8 Å². The van der Waals surface area contributed by atoms with Gasteiger partial charge in [0.15, 0.2) is 0 Å². The molecule has 1 unspecified atom stereocenters. The summed E-state index contributed by atoms with van der Waals surface area (Å²) in [5.41, 5.74) is 1.08. The van der Waals surface area contributed by atoms with Gasteiger partial charge in [0.25, 0.3) is 0 Å². The molecule has 0 aromatic heterocycles. The largest absolute Gasteiger partial charge is 0.351 e. The van der Waals surface area contributed by atoms with E-state index in [1.807, 2.05) is 35.2 Å². The Morgan fingerprint density at radius 1 is 1.32 bits per heavy atom. The van der Waals surface area contributed by atoms with Crippen molar-refractivity contribution in [3.8, 4) is 0 Å². The fourth-order valence-corrected chi connectivity index (χ4v) is 2.40. The zero-order valence-corrected chi connectivity index (χ0v) is 11.0. The second-order valence-electron chi connectivity index (χ2n) is 4.93. The summed E-state index contributed by atoms with van der Waals surface area (Å²) in [5.74, 6) is -0.0161. The predicted octanol–water partition coefficient (Wildman–Crippen LogP) is 1.36. The summed E-state index contributed by atoms with van der Waals surface area (Å²) >= 11 is 0. The maximum absolute atomic E-state index is 11.9. The number of hydrogen-bond donors (Lipinski definition) is 1. The van der Waals surface area contributed by atoms with Crippen molar-refractivity contribution in [3.05, 3.63) is 35.9 Å². The molecule has 4 heteroatoms. The van der Waals surface area contributed by atoms with Crippen LogP contribution < -0.4 is 5.32 Å². The van der Waals surface area contributed by atoms with E-state index in [-0.39, 0.29) is 11.9 Å². The van der Waals surface area contributed by atoms with E-state index >= 15 is 0 Å². The highest BCUT2D eigenvalue weighted by molar-refractivity contribution is 5.78. The third-order valence-electron chi connectivity index (χ3n) is 3.50. The van der Waals surface area contributed by atoms with Gasteiger partial charge in [-0.25, -0.2) is 0 Å². The van der Waals surface area contributed by atoms with Gasteiger partial charge in [-0.15, -0.1) is 0 Å². The van der Waals surface area contributed by atoms with Crippen LogP contribution in [-0.2, 0) is 16.1 Å². The second-order valence-corrected chi connectivity index (χ2v) is 4.93. The molecule has 0 spiro atoms. The molecular formula is C15H20N2O2. The van der Waals surface area contributed by atoms with Gasteiger partial charge in [0.05, 0.1) is 12.6 Å². The number of hydrogen-bond acceptors (Lipinski definition) is 3. The Kier molecular flexibility index (Phi) is 5.10. The van der Waals surface area contributed by atoms with Crippen LogP contribution in [0.25, 0.3) is 0 Å². The molecule has 0 aliphatic carbocycles. The third-order valence-corrected chi connectivity index (χ3v) is 3.50. The van der Waals surface area contributed by atoms with Crippen LogP contribution in [0.15, 0.2) is 30.3 Å². The first-order valence-electron chi connectivity index (χ1n) is 6.79. The smallest absolute Gasteiger partial charge is 0.234 e. The molecule has 1 aliphatic rings. The molecule has 1 N–H and O–H groups in total. The van der Waals surface area contributed by atoms with Crippen molar-refractivity contribution < 1.29 is 9.59 Å². The van der Waals surface area contributed by atoms with Crippen LogP contribution in [0, 0.1) is 0 Å². The van der Waals surface area contributed by atoms with Crippen molar-refractivity contribution >= 4 is 12.2 Å². The normalized spacial score (nSPS) is 19.9. The van der Waals surface area contributed by atoms with Crippen LogP contribution >= 0.6 is 0 Å². The maximum atomic E-state index is 11.9. The highest BCUT2D eigenvalue weighted by Gasteiger charge is 2.23. The number of piperidine rings is 1. The van der Waals surface area contributed by atoms with Crippen molar-refractivity contribution in [2.45, 2.75) is 31.8 Å². The van der Waals surface area contributed by atoms with Crippen LogP contribution in [0.4, 0.5) is 0 Å². The van der Waals surface area contributed by atoms with Gasteiger partial charge in [-0.05, 0) is 24.9 Å². The summed E-state index contributed by atoms with van der Waals surface area (Å²) in [4.78, 5) is 24.8. The summed E-state index contributed by atoms with van der Waals surface area (Å²) in [6.07, 6.45) is 3.97. The molecule has 1 aromatic carbocycles. The average molecular weight is 260 g/mol. The third kappa shape index (κ3) is 4.17. The van der Waals surface area contributed by atoms with Crippen molar-refractivity contribution in [2.24, 2.45) is 0 Å². The SMILES string of the molecule is O=CC1CCCCN1CC(=O)NCc1ccccc1. The Bertz CT molecular complexity index is 419. The summed E-state index contributed by atoms with van der Waals surface area (Å²) in [7, 11) is 0. The molecule has 1 saturated heterocycles. The van der Waals surface area contributed by atoms with Crippen molar-refractivity contribution in [1.82, 2.24) is 10.2 Å². The molecule has 0 radical (unpaired) electrons. The van der Waals surface area contributed by atoms with E-state index < -0.39 is 0 Å². The number of likely N-dealkylation sites (tertiary alicyclic amines) is 1. The molecule has 1 fully saturated rings. The van der Waals surface area contributed by atoms with Gasteiger partial charge in [-0.2, -0.15) is 0 Å². The Morgan fingerprint density at radius 2 is 2.11 bits per heavy atom. The topological polar surface area (TPSA) is 49.4 Å². The van der Waals surface area contributed by atoms with Gasteiger partial charge in [0.1, 0.15) is 6.29 Å². The van der Waals surface area contributed by atoms with Gasteiger partial charge >= 0.3 is 0 Å². The molecule has 0 bridgehead atoms. The van der Waals surface area contributed by atoms with Gasteiger partial charge in [-0.3, -0.25) is 9.69 Å². The average Bonchev–Trinajstić information content (AvgIpc) is 2.47. The number of amides is 1. The number of benzene rings is 1. The van der Waals surface area contributed by atoms with Crippen molar-refractivity contribution in [3.63, 3.8) is 0 Å². The van der Waals surface area contributed by atoms with E-state index in [2.05, 4.69) is 5.32 Å². The van der Waals surface area contributed by atoms with Crippen LogP contribution in [0.2, 0.25) is 0 Å². The molecule has 1 amide bonds. The summed E-state index contributed by atoms with van der Waals surface area (Å²) in [6.45, 7) is 1.69. The first-order chi connectivity index (χ1) is 9.29. The summed E-state index contributed by atoms with van der Waals surface area (Å²) in [6, 6.07) is 9.73. The summed E-state index contributed by atoms with van der Waals surface area (Å²) < 4.78 is 0. The molecule has 4 nitrogen and oxygen atoms in total. The Balaban J connectivity index is 1.79. The van der Waals surface area contributed by atoms with E-state index in [0.717, 1.165) is 37.7 Å². The molecule has 102 valence electrons. The zero-order chi connectivity index (χ0) is 13.5. The lowest BCUT2D eigenvalue weighted by Crippen LogP contribution is -2.46. The molecule has 19 heavy (non-hydrogen) atoms. The Hall–Kier alpha value is -1.68. The van der Waals surface area contributed by atoms with E-state index in [9.17, 15) is 9.59 Å². The van der Waals surface area contributed by atoms with E-state index in [0.29, 0.717) is 13.1 Å². The van der Waals surface area contributed by atoms with E-state index in [4.69, 9.17) is 0 Å². The number of carbonyl (C=O) groups is 2. The molecular weight excluding hydrogens is 240 g/mol. The Labute approximate surface area is 113 Å². The van der Waals surface area contributed by atoms with Crippen molar-refractivity contribution in [1.29, 1.82) is 0 Å². The molecule has 2 rings (SSSR count). The van der Waals surface area contributed by atoms with Gasteiger partial charge in [0.2, 0.25) is 5.91 Å². The highest BCUT2D eigenvalue weighted by Crippen LogP contribution is 2.14. The number of carbonyl (C=O) groups excluding carboxylic acids is 2. The van der Waals surface area contributed by atoms with Gasteiger partial charge < -0.3 is 10.1 Å². The van der Waals surface area contributed by atoms with E-state index in [1.54, 1.807) is 0 Å². The lowest BCUT2D eigenvalue weighted by molar-refractivity contribution is -0.124. The Morgan fingerprint density at radius 3 is 2.84 bits per heavy atom. The fourth-order valence-electron chi connectivity index (χ4n) is 2.40. The predicted molar refractivity (Wildman–Crippen MR) is 73.6 cm³/mol. The van der Waals surface area contributed by atoms with Gasteiger partial charge in [0, 0.05) is 6.54 Å². The molecule has 0 saturated carbocycles. The molecule has 1 atom stereocenters. The molecule has 1 heterocycles. The molecule has 1 aliphatic heterocycles. The fraction of sp³-hybridized carbons (Fsp3) is 0.467. The maximum Gasteiger partial charge on any atom is 0.234 e. The minimum atomic E-state index is -0.0868. The minimum Gasteiger partial charge on any atom is -0.351 e.